The van der Waals surface area contributed by atoms with Crippen molar-refractivity contribution in [2.75, 3.05) is 11.7 Å². The minimum Gasteiger partial charge on any atom is -0.369 e. The molecule has 1 aliphatic rings. The van der Waals surface area contributed by atoms with Crippen molar-refractivity contribution >= 4 is 11.4 Å². The number of benzene rings is 1. The Morgan fingerprint density at radius 3 is 2.72 bits per heavy atom. The van der Waals surface area contributed by atoms with Crippen molar-refractivity contribution in [3.8, 4) is 0 Å². The van der Waals surface area contributed by atoms with E-state index in [0.29, 0.717) is 6.04 Å². The Morgan fingerprint density at radius 1 is 1.33 bits per heavy atom. The smallest absolute Gasteiger partial charge is 0.0789 e. The molecule has 0 amide bonds. The van der Waals surface area contributed by atoms with E-state index < -0.39 is 0 Å². The molecule has 1 aliphatic heterocycles. The van der Waals surface area contributed by atoms with Gasteiger partial charge in [-0.25, -0.2) is 16.8 Å². The standard InChI is InChI=1S/C14H22N4/c1-11-7-5-6-10-17(11)12(2)13-8-3-4-9-14(13)18(15)16/h3-4,8-9,11H,2,5-7,10,15-16H2,1H3/t11-/m1/s1. The topological polar surface area (TPSA) is 58.5 Å². The van der Waals surface area contributed by atoms with Crippen LogP contribution in [-0.2, 0) is 0 Å². The van der Waals surface area contributed by atoms with Crippen LogP contribution in [0.25, 0.3) is 5.70 Å². The van der Waals surface area contributed by atoms with Crippen LogP contribution < -0.4 is 16.8 Å². The van der Waals surface area contributed by atoms with Gasteiger partial charge in [0.1, 0.15) is 0 Å². The number of rotatable bonds is 3. The van der Waals surface area contributed by atoms with Crippen molar-refractivity contribution in [3.05, 3.63) is 36.4 Å². The summed E-state index contributed by atoms with van der Waals surface area (Å²) in [6.45, 7) is 7.53. The molecule has 4 nitrogen and oxygen atoms in total. The average molecular weight is 246 g/mol. The minimum atomic E-state index is 0.531. The first-order valence-electron chi connectivity index (χ1n) is 6.45. The summed E-state index contributed by atoms with van der Waals surface area (Å²) in [6.07, 6.45) is 3.74. The van der Waals surface area contributed by atoms with Gasteiger partial charge in [0.15, 0.2) is 0 Å². The highest BCUT2D eigenvalue weighted by atomic mass is 15.6. The second-order valence-electron chi connectivity index (χ2n) is 4.91. The third kappa shape index (κ3) is 2.49. The number of hydrogen-bond donors (Lipinski definition) is 2. The maximum absolute atomic E-state index is 5.67. The van der Waals surface area contributed by atoms with Crippen molar-refractivity contribution < 1.29 is 0 Å². The van der Waals surface area contributed by atoms with Gasteiger partial charge in [0.25, 0.3) is 0 Å². The van der Waals surface area contributed by atoms with E-state index in [9.17, 15) is 0 Å². The summed E-state index contributed by atoms with van der Waals surface area (Å²) in [5.74, 6) is 11.3. The molecule has 1 fully saturated rings. The van der Waals surface area contributed by atoms with Crippen LogP contribution in [-0.4, -0.2) is 17.5 Å². The molecule has 4 N–H and O–H groups in total. The molecule has 2 rings (SSSR count). The molecule has 1 aromatic carbocycles. The zero-order valence-corrected chi connectivity index (χ0v) is 11.0. The lowest BCUT2D eigenvalue weighted by Crippen LogP contribution is -2.40. The number of anilines is 1. The summed E-state index contributed by atoms with van der Waals surface area (Å²) in [5.41, 5.74) is 2.83. The molecule has 0 radical (unpaired) electrons. The Kier molecular flexibility index (Phi) is 3.89. The first-order valence-corrected chi connectivity index (χ1v) is 6.45. The van der Waals surface area contributed by atoms with E-state index in [1.54, 1.807) is 0 Å². The highest BCUT2D eigenvalue weighted by Gasteiger charge is 2.21. The predicted octanol–water partition coefficient (Wildman–Crippen LogP) is 2.09. The Morgan fingerprint density at radius 2 is 2.06 bits per heavy atom. The quantitative estimate of drug-likeness (QED) is 0.633. The maximum Gasteiger partial charge on any atom is 0.0789 e. The van der Waals surface area contributed by atoms with Crippen LogP contribution in [0, 0.1) is 0 Å². The van der Waals surface area contributed by atoms with Crippen LogP contribution in [0.4, 0.5) is 5.69 Å². The summed E-state index contributed by atoms with van der Waals surface area (Å²) in [4.78, 5) is 2.35. The van der Waals surface area contributed by atoms with Crippen molar-refractivity contribution in [2.24, 2.45) is 11.7 Å². The molecular weight excluding hydrogens is 224 g/mol. The van der Waals surface area contributed by atoms with Crippen molar-refractivity contribution in [1.82, 2.24) is 4.90 Å². The first-order chi connectivity index (χ1) is 8.61. The van der Waals surface area contributed by atoms with Crippen LogP contribution in [0.1, 0.15) is 31.7 Å². The minimum absolute atomic E-state index is 0.531. The Hall–Kier alpha value is -1.52. The fourth-order valence-corrected chi connectivity index (χ4v) is 2.60. The first kappa shape index (κ1) is 12.9. The van der Waals surface area contributed by atoms with Gasteiger partial charge in [0, 0.05) is 23.8 Å². The SMILES string of the molecule is C=C(c1ccccc1N(N)N)N1CCCC[C@H]1C. The largest absolute Gasteiger partial charge is 0.369 e. The molecule has 0 aromatic heterocycles. The number of likely N-dealkylation sites (tertiary alicyclic amines) is 1. The number of hydrazine groups is 2. The Labute approximate surface area is 109 Å². The van der Waals surface area contributed by atoms with Gasteiger partial charge in [-0.1, -0.05) is 24.8 Å². The van der Waals surface area contributed by atoms with E-state index in [0.717, 1.165) is 28.6 Å². The average Bonchev–Trinajstić information content (AvgIpc) is 2.38. The molecule has 0 spiro atoms. The molecule has 0 aliphatic carbocycles. The van der Waals surface area contributed by atoms with Gasteiger partial charge in [-0.15, -0.1) is 0 Å². The van der Waals surface area contributed by atoms with Gasteiger partial charge in [-0.05, 0) is 32.3 Å². The van der Waals surface area contributed by atoms with Gasteiger partial charge < -0.3 is 4.90 Å². The van der Waals surface area contributed by atoms with Crippen LogP contribution in [0.5, 0.6) is 0 Å². The molecule has 0 saturated carbocycles. The second kappa shape index (κ2) is 5.42. The zero-order valence-electron chi connectivity index (χ0n) is 11.0. The Bertz CT molecular complexity index is 428. The number of hydrogen-bond acceptors (Lipinski definition) is 4. The third-order valence-corrected chi connectivity index (χ3v) is 3.64. The maximum atomic E-state index is 5.67. The molecule has 0 bridgehead atoms. The van der Waals surface area contributed by atoms with E-state index in [4.69, 9.17) is 11.7 Å². The normalized spacial score (nSPS) is 19.7. The number of para-hydroxylation sites is 1. The fourth-order valence-electron chi connectivity index (χ4n) is 2.60. The molecule has 1 saturated heterocycles. The lowest BCUT2D eigenvalue weighted by Gasteiger charge is -2.37. The monoisotopic (exact) mass is 246 g/mol. The Balaban J connectivity index is 2.28. The molecule has 18 heavy (non-hydrogen) atoms. The number of nitrogens with zero attached hydrogens (tertiary/aromatic N) is 2. The van der Waals surface area contributed by atoms with Gasteiger partial charge in [-0.3, -0.25) is 0 Å². The molecule has 1 heterocycles. The summed E-state index contributed by atoms with van der Waals surface area (Å²) in [6, 6.07) is 8.38. The van der Waals surface area contributed by atoms with Gasteiger partial charge in [-0.2, -0.15) is 0 Å². The fraction of sp³-hybridized carbons (Fsp3) is 0.429. The summed E-state index contributed by atoms with van der Waals surface area (Å²) >= 11 is 0. The lowest BCUT2D eigenvalue weighted by atomic mass is 10.0. The molecule has 1 atom stereocenters. The van der Waals surface area contributed by atoms with E-state index in [-0.39, 0.29) is 0 Å². The van der Waals surface area contributed by atoms with Crippen LogP contribution in [0.15, 0.2) is 30.8 Å². The van der Waals surface area contributed by atoms with Crippen molar-refractivity contribution in [3.63, 3.8) is 0 Å². The highest BCUT2D eigenvalue weighted by molar-refractivity contribution is 5.74. The third-order valence-electron chi connectivity index (χ3n) is 3.64. The lowest BCUT2D eigenvalue weighted by molar-refractivity contribution is 0.244. The van der Waals surface area contributed by atoms with Gasteiger partial charge >= 0.3 is 0 Å². The van der Waals surface area contributed by atoms with E-state index in [1.165, 1.54) is 19.3 Å². The van der Waals surface area contributed by atoms with Crippen molar-refractivity contribution in [1.29, 1.82) is 0 Å². The van der Waals surface area contributed by atoms with E-state index in [1.807, 2.05) is 24.3 Å². The van der Waals surface area contributed by atoms with Crippen LogP contribution >= 0.6 is 0 Å². The van der Waals surface area contributed by atoms with E-state index >= 15 is 0 Å². The van der Waals surface area contributed by atoms with Crippen molar-refractivity contribution in [2.45, 2.75) is 32.2 Å². The summed E-state index contributed by atoms with van der Waals surface area (Å²) in [5, 5.41) is 1.16. The van der Waals surface area contributed by atoms with Crippen LogP contribution in [0.3, 0.4) is 0 Å². The van der Waals surface area contributed by atoms with Crippen LogP contribution in [0.2, 0.25) is 0 Å². The number of nitrogens with two attached hydrogens (primary N) is 2. The summed E-state index contributed by atoms with van der Waals surface area (Å²) < 4.78 is 0. The number of piperidine rings is 1. The van der Waals surface area contributed by atoms with E-state index in [2.05, 4.69) is 18.4 Å². The molecule has 0 unspecified atom stereocenters. The van der Waals surface area contributed by atoms with Gasteiger partial charge in [0.2, 0.25) is 0 Å². The highest BCUT2D eigenvalue weighted by Crippen LogP contribution is 2.30. The molecular formula is C14H22N4. The second-order valence-corrected chi connectivity index (χ2v) is 4.91. The summed E-state index contributed by atoms with van der Waals surface area (Å²) in [7, 11) is 0. The zero-order chi connectivity index (χ0) is 13.1. The predicted molar refractivity (Wildman–Crippen MR) is 76.3 cm³/mol. The molecule has 98 valence electrons. The molecule has 4 heteroatoms. The molecule has 1 aromatic rings. The van der Waals surface area contributed by atoms with Gasteiger partial charge in [0.05, 0.1) is 5.69 Å².